The molecule has 0 amide bonds. The molecule has 17 heavy (non-hydrogen) atoms. The number of methoxy groups -OCH3 is 1. The molecule has 0 saturated heterocycles. The summed E-state index contributed by atoms with van der Waals surface area (Å²) in [5.74, 6) is 1.66. The van der Waals surface area contributed by atoms with Crippen molar-refractivity contribution < 1.29 is 4.74 Å². The number of nitrogens with one attached hydrogen (secondary N) is 1. The summed E-state index contributed by atoms with van der Waals surface area (Å²) in [7, 11) is 1.73. The van der Waals surface area contributed by atoms with E-state index in [9.17, 15) is 0 Å². The average molecular weight is 255 g/mol. The van der Waals surface area contributed by atoms with Crippen LogP contribution in [0.3, 0.4) is 0 Å². The molecule has 1 N–H and O–H groups in total. The number of hydrogen-bond donors (Lipinski definition) is 1. The first-order valence-electron chi connectivity index (χ1n) is 6.58. The summed E-state index contributed by atoms with van der Waals surface area (Å²) < 4.78 is 5.27. The molecular weight excluding hydrogens is 230 g/mol. The SMILES string of the molecule is CCCNC(c1cc(OC)cs1)C(C)CCC. The normalized spacial score (nSPS) is 14.6. The van der Waals surface area contributed by atoms with Gasteiger partial charge in [-0.25, -0.2) is 0 Å². The molecule has 0 aliphatic carbocycles. The van der Waals surface area contributed by atoms with Gasteiger partial charge in [0, 0.05) is 16.3 Å². The van der Waals surface area contributed by atoms with E-state index in [4.69, 9.17) is 4.74 Å². The van der Waals surface area contributed by atoms with Crippen molar-refractivity contribution in [3.8, 4) is 5.75 Å². The molecule has 0 saturated carbocycles. The minimum atomic E-state index is 0.476. The van der Waals surface area contributed by atoms with Crippen LogP contribution in [0.25, 0.3) is 0 Å². The van der Waals surface area contributed by atoms with Gasteiger partial charge in [0.1, 0.15) is 5.75 Å². The Labute approximate surface area is 109 Å². The van der Waals surface area contributed by atoms with E-state index in [0.29, 0.717) is 12.0 Å². The first kappa shape index (κ1) is 14.5. The van der Waals surface area contributed by atoms with E-state index >= 15 is 0 Å². The van der Waals surface area contributed by atoms with Crippen LogP contribution in [0.5, 0.6) is 5.75 Å². The van der Waals surface area contributed by atoms with Crippen molar-refractivity contribution in [2.24, 2.45) is 5.92 Å². The molecule has 0 bridgehead atoms. The average Bonchev–Trinajstić information content (AvgIpc) is 2.78. The van der Waals surface area contributed by atoms with Crippen molar-refractivity contribution >= 4 is 11.3 Å². The van der Waals surface area contributed by atoms with Crippen LogP contribution in [0.15, 0.2) is 11.4 Å². The molecule has 0 radical (unpaired) electrons. The molecule has 0 aliphatic rings. The number of ether oxygens (including phenoxy) is 1. The lowest BCUT2D eigenvalue weighted by molar-refractivity contribution is 0.366. The van der Waals surface area contributed by atoms with Crippen LogP contribution in [-0.4, -0.2) is 13.7 Å². The van der Waals surface area contributed by atoms with Gasteiger partial charge in [0.25, 0.3) is 0 Å². The standard InChI is InChI=1S/C14H25NOS/c1-5-7-11(3)14(15-8-6-2)13-9-12(16-4)10-17-13/h9-11,14-15H,5-8H2,1-4H3. The van der Waals surface area contributed by atoms with Gasteiger partial charge in [-0.2, -0.15) is 0 Å². The second-order valence-electron chi connectivity index (χ2n) is 4.59. The van der Waals surface area contributed by atoms with Crippen LogP contribution in [0, 0.1) is 5.92 Å². The summed E-state index contributed by atoms with van der Waals surface area (Å²) in [6, 6.07) is 2.65. The van der Waals surface area contributed by atoms with E-state index < -0.39 is 0 Å². The second kappa shape index (κ2) is 7.72. The van der Waals surface area contributed by atoms with Crippen molar-refractivity contribution in [2.45, 2.75) is 46.1 Å². The fourth-order valence-corrected chi connectivity index (χ4v) is 3.17. The lowest BCUT2D eigenvalue weighted by atomic mass is 9.95. The smallest absolute Gasteiger partial charge is 0.129 e. The van der Waals surface area contributed by atoms with Gasteiger partial charge < -0.3 is 10.1 Å². The van der Waals surface area contributed by atoms with E-state index in [0.717, 1.165) is 12.3 Å². The third-order valence-electron chi connectivity index (χ3n) is 3.07. The fourth-order valence-electron chi connectivity index (χ4n) is 2.11. The highest BCUT2D eigenvalue weighted by Crippen LogP contribution is 2.32. The topological polar surface area (TPSA) is 21.3 Å². The van der Waals surface area contributed by atoms with Gasteiger partial charge in [-0.05, 0) is 31.4 Å². The monoisotopic (exact) mass is 255 g/mol. The first-order valence-corrected chi connectivity index (χ1v) is 7.46. The van der Waals surface area contributed by atoms with Crippen LogP contribution in [0.2, 0.25) is 0 Å². The third-order valence-corrected chi connectivity index (χ3v) is 4.06. The van der Waals surface area contributed by atoms with Gasteiger partial charge in [0.05, 0.1) is 7.11 Å². The molecule has 2 unspecified atom stereocenters. The zero-order valence-electron chi connectivity index (χ0n) is 11.5. The highest BCUT2D eigenvalue weighted by Gasteiger charge is 2.19. The first-order chi connectivity index (χ1) is 8.22. The Kier molecular flexibility index (Phi) is 6.60. The maximum Gasteiger partial charge on any atom is 0.129 e. The predicted molar refractivity (Wildman–Crippen MR) is 76.0 cm³/mol. The molecule has 0 spiro atoms. The highest BCUT2D eigenvalue weighted by molar-refractivity contribution is 7.10. The summed E-state index contributed by atoms with van der Waals surface area (Å²) in [4.78, 5) is 1.40. The molecule has 98 valence electrons. The molecule has 1 heterocycles. The Morgan fingerprint density at radius 2 is 2.12 bits per heavy atom. The lowest BCUT2D eigenvalue weighted by Gasteiger charge is -2.23. The van der Waals surface area contributed by atoms with E-state index in [1.165, 1.54) is 24.1 Å². The maximum atomic E-state index is 5.27. The highest BCUT2D eigenvalue weighted by atomic mass is 32.1. The van der Waals surface area contributed by atoms with Gasteiger partial charge in [0.15, 0.2) is 0 Å². The Morgan fingerprint density at radius 3 is 2.65 bits per heavy atom. The van der Waals surface area contributed by atoms with Crippen LogP contribution in [0.4, 0.5) is 0 Å². The summed E-state index contributed by atoms with van der Waals surface area (Å²) in [6.45, 7) is 7.88. The van der Waals surface area contributed by atoms with E-state index in [-0.39, 0.29) is 0 Å². The number of rotatable bonds is 8. The van der Waals surface area contributed by atoms with E-state index in [1.807, 2.05) is 0 Å². The summed E-state index contributed by atoms with van der Waals surface area (Å²) >= 11 is 1.80. The summed E-state index contributed by atoms with van der Waals surface area (Å²) in [6.07, 6.45) is 3.69. The van der Waals surface area contributed by atoms with Crippen LogP contribution in [-0.2, 0) is 0 Å². The minimum absolute atomic E-state index is 0.476. The molecule has 0 aliphatic heterocycles. The number of hydrogen-bond acceptors (Lipinski definition) is 3. The van der Waals surface area contributed by atoms with Gasteiger partial charge in [-0.1, -0.05) is 27.2 Å². The van der Waals surface area contributed by atoms with Crippen molar-refractivity contribution in [3.05, 3.63) is 16.3 Å². The van der Waals surface area contributed by atoms with Gasteiger partial charge in [-0.3, -0.25) is 0 Å². The maximum absolute atomic E-state index is 5.27. The Morgan fingerprint density at radius 1 is 1.35 bits per heavy atom. The van der Waals surface area contributed by atoms with Crippen LogP contribution in [0.1, 0.15) is 51.0 Å². The summed E-state index contributed by atoms with van der Waals surface area (Å²) in [5.41, 5.74) is 0. The van der Waals surface area contributed by atoms with E-state index in [2.05, 4.69) is 37.5 Å². The zero-order chi connectivity index (χ0) is 12.7. The molecule has 1 rings (SSSR count). The van der Waals surface area contributed by atoms with Gasteiger partial charge in [0.2, 0.25) is 0 Å². The molecule has 0 aromatic carbocycles. The predicted octanol–water partition coefficient (Wildman–Crippen LogP) is 4.23. The lowest BCUT2D eigenvalue weighted by Crippen LogP contribution is -2.27. The quantitative estimate of drug-likeness (QED) is 0.750. The van der Waals surface area contributed by atoms with E-state index in [1.54, 1.807) is 18.4 Å². The van der Waals surface area contributed by atoms with Gasteiger partial charge in [-0.15, -0.1) is 11.3 Å². The molecule has 1 aromatic rings. The van der Waals surface area contributed by atoms with Crippen LogP contribution < -0.4 is 10.1 Å². The van der Waals surface area contributed by atoms with Crippen molar-refractivity contribution in [1.29, 1.82) is 0 Å². The number of thiophene rings is 1. The van der Waals surface area contributed by atoms with Gasteiger partial charge >= 0.3 is 0 Å². The Bertz CT molecular complexity index is 311. The van der Waals surface area contributed by atoms with Crippen LogP contribution >= 0.6 is 11.3 Å². The van der Waals surface area contributed by atoms with Crippen molar-refractivity contribution in [3.63, 3.8) is 0 Å². The largest absolute Gasteiger partial charge is 0.496 e. The fraction of sp³-hybridized carbons (Fsp3) is 0.714. The van der Waals surface area contributed by atoms with Crippen molar-refractivity contribution in [2.75, 3.05) is 13.7 Å². The molecule has 2 nitrogen and oxygen atoms in total. The molecular formula is C14H25NOS. The second-order valence-corrected chi connectivity index (χ2v) is 5.53. The zero-order valence-corrected chi connectivity index (χ0v) is 12.3. The van der Waals surface area contributed by atoms with Crippen molar-refractivity contribution in [1.82, 2.24) is 5.32 Å². The molecule has 1 aromatic heterocycles. The molecule has 3 heteroatoms. The molecule has 0 fully saturated rings. The third kappa shape index (κ3) is 4.32. The minimum Gasteiger partial charge on any atom is -0.496 e. The Hall–Kier alpha value is -0.540. The Balaban J connectivity index is 2.73. The summed E-state index contributed by atoms with van der Waals surface area (Å²) in [5, 5.41) is 5.75. The molecule has 2 atom stereocenters.